The Labute approximate surface area is 106 Å². The van der Waals surface area contributed by atoms with Crippen molar-refractivity contribution in [2.24, 2.45) is 0 Å². The Morgan fingerprint density at radius 2 is 1.50 bits per heavy atom. The van der Waals surface area contributed by atoms with Crippen LogP contribution in [0.15, 0.2) is 0 Å². The van der Waals surface area contributed by atoms with Gasteiger partial charge in [0.25, 0.3) is 0 Å². The van der Waals surface area contributed by atoms with Gasteiger partial charge in [-0.2, -0.15) is 0 Å². The van der Waals surface area contributed by atoms with Gasteiger partial charge in [0, 0.05) is 13.2 Å². The van der Waals surface area contributed by atoms with Crippen LogP contribution in [0.4, 0.5) is 0 Å². The monoisotopic (exact) mass is 266 g/mol. The molecule has 0 aromatic heterocycles. The molecule has 1 saturated heterocycles. The van der Waals surface area contributed by atoms with E-state index in [1.807, 2.05) is 23.5 Å². The van der Waals surface area contributed by atoms with E-state index in [0.717, 1.165) is 11.5 Å². The predicted molar refractivity (Wildman–Crippen MR) is 70.9 cm³/mol. The zero-order valence-electron chi connectivity index (χ0n) is 9.60. The van der Waals surface area contributed by atoms with Crippen molar-refractivity contribution >= 4 is 23.5 Å². The van der Waals surface area contributed by atoms with Gasteiger partial charge in [0.15, 0.2) is 0 Å². The third kappa shape index (κ3) is 4.45. The second-order valence-electron chi connectivity index (χ2n) is 4.18. The van der Waals surface area contributed by atoms with Crippen molar-refractivity contribution < 1.29 is 15.3 Å². The maximum Gasteiger partial charge on any atom is 0.0858 e. The zero-order chi connectivity index (χ0) is 11.9. The minimum atomic E-state index is -0.721. The molecule has 16 heavy (non-hydrogen) atoms. The second-order valence-corrected chi connectivity index (χ2v) is 6.91. The van der Waals surface area contributed by atoms with Crippen LogP contribution in [-0.2, 0) is 0 Å². The maximum atomic E-state index is 10.6. The number of thioether (sulfide) groups is 2. The molecular weight excluding hydrogens is 244 g/mol. The van der Waals surface area contributed by atoms with Gasteiger partial charge in [0.2, 0.25) is 0 Å². The van der Waals surface area contributed by atoms with Gasteiger partial charge in [-0.15, -0.1) is 23.5 Å². The number of aliphatic hydroxyl groups is 3. The number of aliphatic hydroxyl groups excluding tert-OH is 2. The molecule has 1 aliphatic rings. The molecule has 0 unspecified atom stereocenters. The molecule has 0 atom stereocenters. The number of hydrogen-bond acceptors (Lipinski definition) is 5. The molecule has 0 aliphatic carbocycles. The van der Waals surface area contributed by atoms with Gasteiger partial charge < -0.3 is 15.3 Å². The van der Waals surface area contributed by atoms with E-state index in [2.05, 4.69) is 0 Å². The van der Waals surface area contributed by atoms with Gasteiger partial charge in [0.1, 0.15) is 0 Å². The molecular formula is C11H22O3S2. The summed E-state index contributed by atoms with van der Waals surface area (Å²) < 4.78 is 0.208. The molecule has 0 amide bonds. The van der Waals surface area contributed by atoms with Crippen LogP contribution >= 0.6 is 23.5 Å². The maximum absolute atomic E-state index is 10.6. The highest BCUT2D eigenvalue weighted by Crippen LogP contribution is 2.42. The SMILES string of the molecule is OCCCC(O)(CCCO)C1SCCCS1. The van der Waals surface area contributed by atoms with Gasteiger partial charge >= 0.3 is 0 Å². The molecule has 1 heterocycles. The summed E-state index contributed by atoms with van der Waals surface area (Å²) in [6.07, 6.45) is 3.75. The molecule has 96 valence electrons. The highest BCUT2D eigenvalue weighted by Gasteiger charge is 2.37. The Kier molecular flexibility index (Phi) is 7.16. The third-order valence-electron chi connectivity index (χ3n) is 2.80. The first-order valence-electron chi connectivity index (χ1n) is 5.90. The average Bonchev–Trinajstić information content (AvgIpc) is 2.35. The Hall–Kier alpha value is 0.580. The largest absolute Gasteiger partial charge is 0.396 e. The van der Waals surface area contributed by atoms with Crippen LogP contribution in [0.1, 0.15) is 32.1 Å². The quantitative estimate of drug-likeness (QED) is 0.651. The lowest BCUT2D eigenvalue weighted by atomic mass is 9.94. The van der Waals surface area contributed by atoms with E-state index in [9.17, 15) is 5.11 Å². The van der Waals surface area contributed by atoms with E-state index in [-0.39, 0.29) is 17.8 Å². The van der Waals surface area contributed by atoms with Gasteiger partial charge in [-0.3, -0.25) is 0 Å². The first-order chi connectivity index (χ1) is 7.73. The summed E-state index contributed by atoms with van der Waals surface area (Å²) in [5, 5.41) is 28.4. The van der Waals surface area contributed by atoms with Crippen LogP contribution < -0.4 is 0 Å². The minimum absolute atomic E-state index is 0.128. The molecule has 1 rings (SSSR count). The summed E-state index contributed by atoms with van der Waals surface area (Å²) in [6.45, 7) is 0.257. The molecule has 0 aromatic rings. The van der Waals surface area contributed by atoms with Crippen molar-refractivity contribution in [2.45, 2.75) is 42.3 Å². The molecule has 5 heteroatoms. The normalized spacial score (nSPS) is 18.9. The van der Waals surface area contributed by atoms with E-state index in [1.54, 1.807) is 0 Å². The summed E-state index contributed by atoms with van der Waals surface area (Å²) in [4.78, 5) is 0. The average molecular weight is 266 g/mol. The van der Waals surface area contributed by atoms with Crippen LogP contribution in [0.2, 0.25) is 0 Å². The van der Waals surface area contributed by atoms with Gasteiger partial charge in [-0.05, 0) is 43.6 Å². The van der Waals surface area contributed by atoms with Crippen molar-refractivity contribution in [3.8, 4) is 0 Å². The third-order valence-corrected chi connectivity index (χ3v) is 6.15. The summed E-state index contributed by atoms with van der Waals surface area (Å²) >= 11 is 3.64. The van der Waals surface area contributed by atoms with Crippen LogP contribution in [0.5, 0.6) is 0 Å². The Morgan fingerprint density at radius 1 is 1.00 bits per heavy atom. The predicted octanol–water partition coefficient (Wildman–Crippen LogP) is 1.46. The molecule has 0 aromatic carbocycles. The van der Waals surface area contributed by atoms with Crippen LogP contribution in [0, 0.1) is 0 Å². The summed E-state index contributed by atoms with van der Waals surface area (Å²) in [7, 11) is 0. The van der Waals surface area contributed by atoms with E-state index in [4.69, 9.17) is 10.2 Å². The fourth-order valence-electron chi connectivity index (χ4n) is 1.93. The van der Waals surface area contributed by atoms with Crippen molar-refractivity contribution in [1.82, 2.24) is 0 Å². The van der Waals surface area contributed by atoms with Crippen molar-refractivity contribution in [3.63, 3.8) is 0 Å². The van der Waals surface area contributed by atoms with Crippen molar-refractivity contribution in [1.29, 1.82) is 0 Å². The zero-order valence-corrected chi connectivity index (χ0v) is 11.2. The van der Waals surface area contributed by atoms with Crippen LogP contribution in [0.25, 0.3) is 0 Å². The Bertz CT molecular complexity index is 176. The lowest BCUT2D eigenvalue weighted by Crippen LogP contribution is -2.40. The van der Waals surface area contributed by atoms with Gasteiger partial charge in [-0.1, -0.05) is 0 Å². The molecule has 0 spiro atoms. The van der Waals surface area contributed by atoms with E-state index in [0.29, 0.717) is 25.7 Å². The van der Waals surface area contributed by atoms with Crippen LogP contribution in [-0.4, -0.2) is 50.2 Å². The number of rotatable bonds is 7. The van der Waals surface area contributed by atoms with Crippen molar-refractivity contribution in [3.05, 3.63) is 0 Å². The molecule has 3 N–H and O–H groups in total. The summed E-state index contributed by atoms with van der Waals surface area (Å²) in [5.41, 5.74) is -0.721. The number of hydrogen-bond donors (Lipinski definition) is 3. The van der Waals surface area contributed by atoms with E-state index in [1.165, 1.54) is 6.42 Å². The molecule has 0 saturated carbocycles. The molecule has 1 aliphatic heterocycles. The fourth-order valence-corrected chi connectivity index (χ4v) is 5.22. The lowest BCUT2D eigenvalue weighted by Gasteiger charge is -2.37. The smallest absolute Gasteiger partial charge is 0.0858 e. The molecule has 0 radical (unpaired) electrons. The highest BCUT2D eigenvalue weighted by molar-refractivity contribution is 8.17. The molecule has 3 nitrogen and oxygen atoms in total. The lowest BCUT2D eigenvalue weighted by molar-refractivity contribution is 0.0263. The first-order valence-corrected chi connectivity index (χ1v) is 8.00. The van der Waals surface area contributed by atoms with Gasteiger partial charge in [0.05, 0.1) is 10.2 Å². The standard InChI is InChI=1S/C11H22O3S2/c12-6-1-4-11(14,5-2-7-13)10-15-8-3-9-16-10/h10,12-14H,1-9H2. The Balaban J connectivity index is 2.51. The Morgan fingerprint density at radius 3 is 1.94 bits per heavy atom. The van der Waals surface area contributed by atoms with E-state index >= 15 is 0 Å². The second kappa shape index (κ2) is 7.82. The molecule has 0 bridgehead atoms. The topological polar surface area (TPSA) is 60.7 Å². The fraction of sp³-hybridized carbons (Fsp3) is 1.00. The summed E-state index contributed by atoms with van der Waals surface area (Å²) in [6, 6.07) is 0. The summed E-state index contributed by atoms with van der Waals surface area (Å²) in [5.74, 6) is 2.22. The van der Waals surface area contributed by atoms with Gasteiger partial charge in [-0.25, -0.2) is 0 Å². The van der Waals surface area contributed by atoms with Crippen molar-refractivity contribution in [2.75, 3.05) is 24.7 Å². The van der Waals surface area contributed by atoms with Crippen LogP contribution in [0.3, 0.4) is 0 Å². The first kappa shape index (κ1) is 14.6. The highest BCUT2D eigenvalue weighted by atomic mass is 32.2. The van der Waals surface area contributed by atoms with E-state index < -0.39 is 5.60 Å². The minimum Gasteiger partial charge on any atom is -0.396 e. The molecule has 1 fully saturated rings.